The lowest BCUT2D eigenvalue weighted by Crippen LogP contribution is -2.58. The van der Waals surface area contributed by atoms with E-state index in [1.54, 1.807) is 29.2 Å². The van der Waals surface area contributed by atoms with Crippen LogP contribution in [0.5, 0.6) is 0 Å². The summed E-state index contributed by atoms with van der Waals surface area (Å²) in [5.41, 5.74) is 6.97. The highest BCUT2D eigenvalue weighted by atomic mass is 35.5. The van der Waals surface area contributed by atoms with E-state index in [0.29, 0.717) is 19.5 Å². The van der Waals surface area contributed by atoms with Crippen molar-refractivity contribution in [2.24, 2.45) is 17.1 Å². The molecule has 2 rings (SSSR count). The summed E-state index contributed by atoms with van der Waals surface area (Å²) in [5, 5.41) is 0. The lowest BCUT2D eigenvalue weighted by Gasteiger charge is -2.43. The molecule has 0 saturated carbocycles. The van der Waals surface area contributed by atoms with Crippen molar-refractivity contribution in [3.8, 4) is 0 Å². The Kier molecular flexibility index (Phi) is 8.50. The van der Waals surface area contributed by atoms with E-state index in [2.05, 4.69) is 4.72 Å². The van der Waals surface area contributed by atoms with Crippen molar-refractivity contribution in [1.82, 2.24) is 9.62 Å². The second kappa shape index (κ2) is 9.57. The van der Waals surface area contributed by atoms with Crippen LogP contribution in [0.3, 0.4) is 0 Å². The van der Waals surface area contributed by atoms with Gasteiger partial charge in [-0.3, -0.25) is 4.79 Å². The maximum Gasteiger partial charge on any atom is 0.241 e. The predicted molar refractivity (Wildman–Crippen MR) is 115 cm³/mol. The van der Waals surface area contributed by atoms with Gasteiger partial charge in [-0.2, -0.15) is 4.72 Å². The van der Waals surface area contributed by atoms with Crippen LogP contribution in [0, 0.1) is 18.3 Å². The molecular formula is C20H34ClN3O3S. The quantitative estimate of drug-likeness (QED) is 0.724. The summed E-state index contributed by atoms with van der Waals surface area (Å²) < 4.78 is 28.2. The highest BCUT2D eigenvalue weighted by Gasteiger charge is 2.38. The van der Waals surface area contributed by atoms with E-state index in [-0.39, 0.29) is 40.6 Å². The first-order chi connectivity index (χ1) is 12.4. The number of likely N-dealkylation sites (tertiary alicyclic amines) is 1. The minimum Gasteiger partial charge on any atom is -0.341 e. The number of benzene rings is 1. The molecule has 0 spiro atoms. The number of carbonyl (C=O) groups excluding carboxylic acids is 1. The number of aryl methyl sites for hydroxylation is 1. The molecule has 2 atom stereocenters. The zero-order valence-electron chi connectivity index (χ0n) is 17.4. The Hall–Kier alpha value is -1.15. The van der Waals surface area contributed by atoms with Crippen LogP contribution >= 0.6 is 12.4 Å². The van der Waals surface area contributed by atoms with Crippen molar-refractivity contribution in [2.45, 2.75) is 64.4 Å². The van der Waals surface area contributed by atoms with Gasteiger partial charge in [0.15, 0.2) is 0 Å². The molecule has 160 valence electrons. The van der Waals surface area contributed by atoms with Crippen LogP contribution in [0.2, 0.25) is 0 Å². The average molecular weight is 432 g/mol. The van der Waals surface area contributed by atoms with Gasteiger partial charge in [-0.1, -0.05) is 45.4 Å². The van der Waals surface area contributed by atoms with E-state index in [4.69, 9.17) is 5.73 Å². The molecule has 8 heteroatoms. The molecule has 1 fully saturated rings. The number of hydrogen-bond acceptors (Lipinski definition) is 4. The minimum absolute atomic E-state index is 0. The lowest BCUT2D eigenvalue weighted by molar-refractivity contribution is -0.136. The second-order valence-electron chi connectivity index (χ2n) is 8.76. The molecule has 0 radical (unpaired) electrons. The molecule has 2 unspecified atom stereocenters. The fourth-order valence-electron chi connectivity index (χ4n) is 3.43. The van der Waals surface area contributed by atoms with E-state index in [1.165, 1.54) is 0 Å². The van der Waals surface area contributed by atoms with Crippen LogP contribution < -0.4 is 10.5 Å². The number of nitrogens with two attached hydrogens (primary N) is 1. The summed E-state index contributed by atoms with van der Waals surface area (Å²) in [6.07, 6.45) is 1.17. The summed E-state index contributed by atoms with van der Waals surface area (Å²) >= 11 is 0. The molecule has 1 aromatic carbocycles. The number of rotatable bonds is 6. The summed E-state index contributed by atoms with van der Waals surface area (Å²) in [6.45, 7) is 11.1. The van der Waals surface area contributed by atoms with Crippen molar-refractivity contribution in [1.29, 1.82) is 0 Å². The van der Waals surface area contributed by atoms with E-state index in [1.807, 2.05) is 34.6 Å². The fourth-order valence-corrected chi connectivity index (χ4v) is 4.63. The number of nitrogens with one attached hydrogen (secondary N) is 1. The maximum atomic E-state index is 13.1. The van der Waals surface area contributed by atoms with Crippen molar-refractivity contribution in [3.05, 3.63) is 29.8 Å². The van der Waals surface area contributed by atoms with Crippen LogP contribution in [0.25, 0.3) is 0 Å². The highest BCUT2D eigenvalue weighted by Crippen LogP contribution is 2.28. The van der Waals surface area contributed by atoms with Gasteiger partial charge in [0.1, 0.15) is 6.04 Å². The van der Waals surface area contributed by atoms with Gasteiger partial charge in [-0.25, -0.2) is 8.42 Å². The van der Waals surface area contributed by atoms with Gasteiger partial charge < -0.3 is 10.6 Å². The van der Waals surface area contributed by atoms with Crippen LogP contribution in [-0.2, 0) is 14.8 Å². The fraction of sp³-hybridized carbons (Fsp3) is 0.650. The number of piperidine rings is 1. The molecule has 1 aliphatic rings. The lowest BCUT2D eigenvalue weighted by atomic mass is 9.79. The smallest absolute Gasteiger partial charge is 0.241 e. The Balaban J connectivity index is 0.00000392. The summed E-state index contributed by atoms with van der Waals surface area (Å²) in [4.78, 5) is 15.1. The Labute approximate surface area is 175 Å². The van der Waals surface area contributed by atoms with E-state index >= 15 is 0 Å². The molecule has 1 saturated heterocycles. The molecule has 1 heterocycles. The molecule has 0 aromatic heterocycles. The summed E-state index contributed by atoms with van der Waals surface area (Å²) in [6, 6.07) is 5.90. The molecule has 1 aliphatic heterocycles. The van der Waals surface area contributed by atoms with Crippen molar-refractivity contribution in [3.63, 3.8) is 0 Å². The van der Waals surface area contributed by atoms with Gasteiger partial charge in [0.25, 0.3) is 0 Å². The van der Waals surface area contributed by atoms with Gasteiger partial charge in [0, 0.05) is 19.1 Å². The molecular weight excluding hydrogens is 398 g/mol. The molecule has 3 N–H and O–H groups in total. The summed E-state index contributed by atoms with van der Waals surface area (Å²) in [7, 11) is -3.77. The van der Waals surface area contributed by atoms with E-state index in [9.17, 15) is 13.2 Å². The number of sulfonamides is 1. The molecule has 1 amide bonds. The highest BCUT2D eigenvalue weighted by molar-refractivity contribution is 7.89. The molecule has 28 heavy (non-hydrogen) atoms. The average Bonchev–Trinajstić information content (AvgIpc) is 2.55. The number of carbonyl (C=O) groups is 1. The third kappa shape index (κ3) is 6.17. The molecule has 0 aliphatic carbocycles. The summed E-state index contributed by atoms with van der Waals surface area (Å²) in [5.74, 6) is 0.0130. The topological polar surface area (TPSA) is 92.5 Å². The second-order valence-corrected chi connectivity index (χ2v) is 10.5. The maximum absolute atomic E-state index is 13.1. The standard InChI is InChI=1S/C20H33N3O3S.ClH/c1-14(2)12-17(19(24)23-11-10-18(21)20(4,5)13-23)22-27(25,26)16-8-6-15(3)7-9-16;/h6-9,14,17-18,22H,10-13,21H2,1-5H3;1H. The zero-order valence-corrected chi connectivity index (χ0v) is 19.1. The van der Waals surface area contributed by atoms with Crippen molar-refractivity contribution < 1.29 is 13.2 Å². The van der Waals surface area contributed by atoms with Crippen molar-refractivity contribution >= 4 is 28.3 Å². The van der Waals surface area contributed by atoms with Crippen LogP contribution in [0.15, 0.2) is 29.2 Å². The first-order valence-corrected chi connectivity index (χ1v) is 11.0. The SMILES string of the molecule is Cc1ccc(S(=O)(=O)NC(CC(C)C)C(=O)N2CCC(N)C(C)(C)C2)cc1.Cl. The third-order valence-corrected chi connectivity index (χ3v) is 6.75. The van der Waals surface area contributed by atoms with Gasteiger partial charge in [-0.15, -0.1) is 12.4 Å². The minimum atomic E-state index is -3.77. The Morgan fingerprint density at radius 2 is 1.86 bits per heavy atom. The van der Waals surface area contributed by atoms with Gasteiger partial charge in [0.2, 0.25) is 15.9 Å². The Morgan fingerprint density at radius 1 is 1.29 bits per heavy atom. The molecule has 6 nitrogen and oxygen atoms in total. The van der Waals surface area contributed by atoms with Crippen molar-refractivity contribution in [2.75, 3.05) is 13.1 Å². The predicted octanol–water partition coefficient (Wildman–Crippen LogP) is 2.70. The Morgan fingerprint density at radius 3 is 2.36 bits per heavy atom. The number of amides is 1. The normalized spacial score (nSPS) is 20.5. The van der Waals surface area contributed by atoms with E-state index in [0.717, 1.165) is 12.0 Å². The monoisotopic (exact) mass is 431 g/mol. The Bertz CT molecular complexity index is 763. The van der Waals surface area contributed by atoms with Crippen LogP contribution in [0.4, 0.5) is 0 Å². The number of hydrogen-bond donors (Lipinski definition) is 2. The zero-order chi connectivity index (χ0) is 20.4. The van der Waals surface area contributed by atoms with Crippen LogP contribution in [0.1, 0.15) is 46.1 Å². The third-order valence-electron chi connectivity index (χ3n) is 5.26. The van der Waals surface area contributed by atoms with E-state index < -0.39 is 16.1 Å². The van der Waals surface area contributed by atoms with Gasteiger partial charge in [-0.05, 0) is 43.2 Å². The first-order valence-electron chi connectivity index (χ1n) is 9.56. The molecule has 0 bridgehead atoms. The van der Waals surface area contributed by atoms with Gasteiger partial charge >= 0.3 is 0 Å². The van der Waals surface area contributed by atoms with Crippen LogP contribution in [-0.4, -0.2) is 44.4 Å². The van der Waals surface area contributed by atoms with Gasteiger partial charge in [0.05, 0.1) is 4.90 Å². The largest absolute Gasteiger partial charge is 0.341 e. The number of halogens is 1. The number of nitrogens with zero attached hydrogens (tertiary/aromatic N) is 1. The first kappa shape index (κ1) is 24.9. The molecule has 1 aromatic rings.